The first-order valence-corrected chi connectivity index (χ1v) is 28.2. The van der Waals surface area contributed by atoms with Crippen LogP contribution in [0.4, 0.5) is 0 Å². The highest BCUT2D eigenvalue weighted by Gasteiger charge is 2.52. The monoisotopic (exact) mass is 1070 g/mol. The molecule has 0 radical (unpaired) electrons. The van der Waals surface area contributed by atoms with Crippen molar-refractivity contribution in [1.29, 1.82) is 0 Å². The van der Waals surface area contributed by atoms with Crippen LogP contribution in [0.5, 0.6) is 0 Å². The van der Waals surface area contributed by atoms with Crippen molar-refractivity contribution in [2.75, 3.05) is 13.2 Å². The minimum Gasteiger partial charge on any atom is -0.466 e. The molecule has 17 nitrogen and oxygen atoms in total. The molecule has 5 rings (SSSR count). The Balaban J connectivity index is 1.14. The molecule has 424 valence electrons. The van der Waals surface area contributed by atoms with Gasteiger partial charge in [-0.1, -0.05) is 181 Å². The molecule has 9 atom stereocenters. The summed E-state index contributed by atoms with van der Waals surface area (Å²) in [6.07, 6.45) is 12.0. The number of rotatable bonds is 37. The van der Waals surface area contributed by atoms with Gasteiger partial charge >= 0.3 is 11.9 Å². The average molecular weight is 1070 g/mol. The van der Waals surface area contributed by atoms with Crippen LogP contribution in [0.15, 0.2) is 91.0 Å². The highest BCUT2D eigenvalue weighted by atomic mass is 16.8. The second-order valence-electron chi connectivity index (χ2n) is 20.3. The number of amides is 4. The number of esters is 2. The number of carbonyl (C=O) groups excluding carboxylic acids is 6. The standard InChI is InChI=1S/C60H86N4O13/c1-4-5-6-7-8-9-10-11-12-15-27-36-51(66)71-39-28-16-13-14-26-35-50(65)64-53-55(54-49(42-74-59(77-54)47-33-24-19-25-34-47)76-60(53)73-41-46-31-22-18-23-32-46)75-44(3)58(70)62-43(2)57(69)63-48(56(61)68)37-38-52(67)72-40-45-29-20-17-21-30-45/h17-25,29-34,43-44,48-49,53-55,59-60H,4-16,26-28,35-42H2,1-3H3,(H2,61,68)(H,62,70)(H,63,69)(H,64,65)/t43-,44+,48+,49+,53+,54+,55+,59+,60?/m0/s1. The number of unbranched alkanes of at least 4 members (excludes halogenated alkanes) is 14. The third-order valence-electron chi connectivity index (χ3n) is 13.8. The number of ether oxygens (including phenoxy) is 7. The number of nitrogens with two attached hydrogens (primary N) is 1. The summed E-state index contributed by atoms with van der Waals surface area (Å²) in [4.78, 5) is 78.4. The first-order valence-electron chi connectivity index (χ1n) is 28.2. The third-order valence-corrected chi connectivity index (χ3v) is 13.8. The minimum absolute atomic E-state index is 0.0520. The first-order chi connectivity index (χ1) is 37.4. The van der Waals surface area contributed by atoms with Crippen LogP contribution in [-0.4, -0.2) is 97.6 Å². The van der Waals surface area contributed by atoms with Gasteiger partial charge in [-0.2, -0.15) is 0 Å². The topological polar surface area (TPSA) is 229 Å². The van der Waals surface area contributed by atoms with Gasteiger partial charge in [-0.05, 0) is 50.7 Å². The molecular weight excluding hydrogens is 985 g/mol. The second-order valence-corrected chi connectivity index (χ2v) is 20.3. The van der Waals surface area contributed by atoms with Gasteiger partial charge in [0.2, 0.25) is 23.6 Å². The Bertz CT molecular complexity index is 2190. The normalized spacial score (nSPS) is 20.1. The van der Waals surface area contributed by atoms with Gasteiger partial charge in [-0.15, -0.1) is 0 Å². The van der Waals surface area contributed by atoms with Crippen LogP contribution >= 0.6 is 0 Å². The molecule has 3 aromatic carbocycles. The molecule has 2 aliphatic rings. The van der Waals surface area contributed by atoms with Gasteiger partial charge in [0.15, 0.2) is 12.6 Å². The Hall–Kier alpha value is -5.72. The first kappa shape index (κ1) is 62.1. The van der Waals surface area contributed by atoms with E-state index in [9.17, 15) is 28.8 Å². The zero-order valence-corrected chi connectivity index (χ0v) is 45.7. The summed E-state index contributed by atoms with van der Waals surface area (Å²) in [7, 11) is 0. The lowest BCUT2D eigenvalue weighted by Gasteiger charge is -2.49. The van der Waals surface area contributed by atoms with Gasteiger partial charge in [-0.3, -0.25) is 28.8 Å². The van der Waals surface area contributed by atoms with Crippen molar-refractivity contribution in [2.24, 2.45) is 5.73 Å². The zero-order valence-electron chi connectivity index (χ0n) is 45.7. The molecule has 2 aliphatic heterocycles. The lowest BCUT2D eigenvalue weighted by molar-refractivity contribution is -0.351. The molecule has 4 amide bonds. The van der Waals surface area contributed by atoms with E-state index >= 15 is 0 Å². The van der Waals surface area contributed by atoms with Crippen LogP contribution in [0.2, 0.25) is 0 Å². The van der Waals surface area contributed by atoms with E-state index in [4.69, 9.17) is 38.9 Å². The molecule has 0 spiro atoms. The fourth-order valence-electron chi connectivity index (χ4n) is 9.28. The molecule has 77 heavy (non-hydrogen) atoms. The number of hydrogen-bond acceptors (Lipinski definition) is 13. The van der Waals surface area contributed by atoms with Crippen LogP contribution in [-0.2, 0) is 75.1 Å². The lowest BCUT2D eigenvalue weighted by atomic mass is 9.94. The Morgan fingerprint density at radius 2 is 1.18 bits per heavy atom. The summed E-state index contributed by atoms with van der Waals surface area (Å²) >= 11 is 0. The summed E-state index contributed by atoms with van der Waals surface area (Å²) in [6.45, 7) is 5.85. The number of nitrogens with one attached hydrogen (secondary N) is 3. The highest BCUT2D eigenvalue weighted by Crippen LogP contribution is 2.36. The fourth-order valence-corrected chi connectivity index (χ4v) is 9.28. The van der Waals surface area contributed by atoms with Gasteiger partial charge in [0.05, 0.1) is 19.8 Å². The Kier molecular flexibility index (Phi) is 28.8. The Labute approximate surface area is 456 Å². The number of hydrogen-bond donors (Lipinski definition) is 4. The van der Waals surface area contributed by atoms with Crippen LogP contribution in [0.3, 0.4) is 0 Å². The second kappa shape index (κ2) is 35.6. The van der Waals surface area contributed by atoms with E-state index < -0.39 is 78.8 Å². The summed E-state index contributed by atoms with van der Waals surface area (Å²) in [5.74, 6) is -3.24. The molecule has 2 fully saturated rings. The molecule has 2 heterocycles. The average Bonchev–Trinajstić information content (AvgIpc) is 3.44. The van der Waals surface area contributed by atoms with Gasteiger partial charge in [0.25, 0.3) is 0 Å². The molecule has 0 saturated carbocycles. The van der Waals surface area contributed by atoms with Gasteiger partial charge < -0.3 is 54.8 Å². The van der Waals surface area contributed by atoms with E-state index in [1.807, 2.05) is 91.0 Å². The molecule has 5 N–H and O–H groups in total. The molecule has 0 bridgehead atoms. The quantitative estimate of drug-likeness (QED) is 0.0313. The van der Waals surface area contributed by atoms with Crippen molar-refractivity contribution >= 4 is 35.6 Å². The summed E-state index contributed by atoms with van der Waals surface area (Å²) in [5, 5.41) is 8.31. The van der Waals surface area contributed by atoms with Crippen LogP contribution < -0.4 is 21.7 Å². The summed E-state index contributed by atoms with van der Waals surface area (Å²) in [6, 6.07) is 24.6. The maximum Gasteiger partial charge on any atom is 0.306 e. The van der Waals surface area contributed by atoms with E-state index in [-0.39, 0.29) is 51.0 Å². The van der Waals surface area contributed by atoms with E-state index in [1.54, 1.807) is 0 Å². The van der Waals surface area contributed by atoms with Gasteiger partial charge in [-0.25, -0.2) is 0 Å². The number of benzene rings is 3. The maximum atomic E-state index is 13.9. The molecule has 1 unspecified atom stereocenters. The predicted octanol–water partition coefficient (Wildman–Crippen LogP) is 8.88. The predicted molar refractivity (Wildman–Crippen MR) is 290 cm³/mol. The van der Waals surface area contributed by atoms with Gasteiger partial charge in [0.1, 0.15) is 49.1 Å². The molecule has 0 aromatic heterocycles. The SMILES string of the molecule is CCCCCCCCCCCCCC(=O)OCCCCCCCC(=O)N[C@H]1C(OCc2ccccc2)O[C@@H]2CO[C@@H](c3ccccc3)O[C@H]2[C@@H]1O[C@H](C)C(=O)N[C@@H](C)C(=O)N[C@H](CCC(=O)OCc1ccccc1)C(N)=O. The van der Waals surface area contributed by atoms with Crippen LogP contribution in [0.25, 0.3) is 0 Å². The van der Waals surface area contributed by atoms with E-state index in [1.165, 1.54) is 65.2 Å². The van der Waals surface area contributed by atoms with Crippen LogP contribution in [0.1, 0.15) is 172 Å². The summed E-state index contributed by atoms with van der Waals surface area (Å²) in [5.41, 5.74) is 8.01. The van der Waals surface area contributed by atoms with Crippen LogP contribution in [0, 0.1) is 0 Å². The number of carbonyl (C=O) groups is 6. The third kappa shape index (κ3) is 23.4. The summed E-state index contributed by atoms with van der Waals surface area (Å²) < 4.78 is 43.1. The van der Waals surface area contributed by atoms with Crippen molar-refractivity contribution < 1.29 is 61.9 Å². The zero-order chi connectivity index (χ0) is 55.0. The molecular formula is C60H86N4O13. The minimum atomic E-state index is -1.22. The smallest absolute Gasteiger partial charge is 0.306 e. The molecule has 3 aromatic rings. The highest BCUT2D eigenvalue weighted by molar-refractivity contribution is 5.92. The maximum absolute atomic E-state index is 13.9. The van der Waals surface area contributed by atoms with Crippen molar-refractivity contribution in [2.45, 2.75) is 218 Å². The Morgan fingerprint density at radius 3 is 1.81 bits per heavy atom. The fraction of sp³-hybridized carbons (Fsp3) is 0.600. The number of primary amides is 1. The molecule has 0 aliphatic carbocycles. The van der Waals surface area contributed by atoms with Crippen molar-refractivity contribution in [3.05, 3.63) is 108 Å². The van der Waals surface area contributed by atoms with Crippen molar-refractivity contribution in [3.63, 3.8) is 0 Å². The van der Waals surface area contributed by atoms with E-state index in [0.717, 1.165) is 61.6 Å². The van der Waals surface area contributed by atoms with Crippen molar-refractivity contribution in [3.8, 4) is 0 Å². The molecule has 2 saturated heterocycles. The molecule has 17 heteroatoms. The van der Waals surface area contributed by atoms with Gasteiger partial charge in [0, 0.05) is 24.8 Å². The van der Waals surface area contributed by atoms with E-state index in [2.05, 4.69) is 22.9 Å². The largest absolute Gasteiger partial charge is 0.466 e. The lowest BCUT2D eigenvalue weighted by Crippen LogP contribution is -2.68. The Morgan fingerprint density at radius 1 is 0.623 bits per heavy atom. The van der Waals surface area contributed by atoms with E-state index in [0.29, 0.717) is 19.4 Å². The number of fused-ring (bicyclic) bond motifs is 1. The van der Waals surface area contributed by atoms with Crippen molar-refractivity contribution in [1.82, 2.24) is 16.0 Å².